The van der Waals surface area contributed by atoms with Crippen molar-refractivity contribution in [3.05, 3.63) is 0 Å². The Labute approximate surface area is 62.3 Å². The van der Waals surface area contributed by atoms with E-state index in [1.54, 1.807) is 7.11 Å². The summed E-state index contributed by atoms with van der Waals surface area (Å²) < 4.78 is 10.2. The van der Waals surface area contributed by atoms with E-state index in [-0.39, 0.29) is 18.2 Å². The minimum Gasteiger partial charge on any atom is -0.378 e. The first-order valence-corrected chi connectivity index (χ1v) is 3.18. The van der Waals surface area contributed by atoms with Crippen molar-refractivity contribution >= 4 is 7.85 Å². The Bertz CT molecular complexity index is 152. The number of methoxy groups -OCH3 is 1. The van der Waals surface area contributed by atoms with Gasteiger partial charge in [-0.25, -0.2) is 0 Å². The smallest absolute Gasteiger partial charge is 0.143 e. The zero-order chi connectivity index (χ0) is 7.56. The van der Waals surface area contributed by atoms with Gasteiger partial charge in [-0.05, 0) is 6.42 Å². The molecule has 0 saturated carbocycles. The Hall–Kier alpha value is -0.455. The van der Waals surface area contributed by atoms with Gasteiger partial charge in [-0.15, -0.1) is 6.42 Å². The highest BCUT2D eigenvalue weighted by Crippen LogP contribution is 2.19. The lowest BCUT2D eigenvalue weighted by atomic mass is 9.96. The number of hydrogen-bond acceptors (Lipinski definition) is 2. The molecule has 0 bridgehead atoms. The highest BCUT2D eigenvalue weighted by molar-refractivity contribution is 6.11. The molecule has 0 aliphatic carbocycles. The predicted octanol–water partition coefficient (Wildman–Crippen LogP) is -0.0819. The maximum absolute atomic E-state index is 5.47. The lowest BCUT2D eigenvalue weighted by Crippen LogP contribution is -2.20. The molecule has 2 radical (unpaired) electrons. The fourth-order valence-corrected chi connectivity index (χ4v) is 1.05. The van der Waals surface area contributed by atoms with E-state index in [1.807, 2.05) is 0 Å². The maximum atomic E-state index is 5.47. The van der Waals surface area contributed by atoms with Gasteiger partial charge in [0.1, 0.15) is 14.0 Å². The molecule has 3 atom stereocenters. The Kier molecular flexibility index (Phi) is 2.36. The zero-order valence-electron chi connectivity index (χ0n) is 5.91. The predicted molar refractivity (Wildman–Crippen MR) is 38.7 cm³/mol. The van der Waals surface area contributed by atoms with Crippen molar-refractivity contribution in [1.29, 1.82) is 0 Å². The molecule has 0 aromatic carbocycles. The van der Waals surface area contributed by atoms with Crippen LogP contribution in [0.2, 0.25) is 0 Å². The first-order valence-electron chi connectivity index (χ1n) is 3.18. The fourth-order valence-electron chi connectivity index (χ4n) is 1.05. The second-order valence-corrected chi connectivity index (χ2v) is 2.27. The van der Waals surface area contributed by atoms with Gasteiger partial charge in [0.05, 0.1) is 6.10 Å². The van der Waals surface area contributed by atoms with Crippen molar-refractivity contribution < 1.29 is 9.47 Å². The van der Waals surface area contributed by atoms with E-state index < -0.39 is 0 Å². The summed E-state index contributed by atoms with van der Waals surface area (Å²) >= 11 is 0. The van der Waals surface area contributed by atoms with Crippen molar-refractivity contribution in [3.63, 3.8) is 0 Å². The van der Waals surface area contributed by atoms with Crippen LogP contribution in [-0.2, 0) is 9.47 Å². The summed E-state index contributed by atoms with van der Waals surface area (Å²) in [4.78, 5) is 0. The molecular weight excluding hydrogens is 127 g/mol. The first kappa shape index (κ1) is 7.65. The van der Waals surface area contributed by atoms with E-state index in [4.69, 9.17) is 23.7 Å². The van der Waals surface area contributed by atoms with Gasteiger partial charge in [0.2, 0.25) is 0 Å². The molecule has 3 heteroatoms. The van der Waals surface area contributed by atoms with E-state index >= 15 is 0 Å². The van der Waals surface area contributed by atoms with Gasteiger partial charge in [-0.3, -0.25) is 0 Å². The maximum Gasteiger partial charge on any atom is 0.143 e. The molecule has 52 valence electrons. The van der Waals surface area contributed by atoms with Crippen LogP contribution in [0.5, 0.6) is 0 Å². The third-order valence-electron chi connectivity index (χ3n) is 1.59. The van der Waals surface area contributed by atoms with Gasteiger partial charge in [0, 0.05) is 13.1 Å². The van der Waals surface area contributed by atoms with Crippen molar-refractivity contribution in [1.82, 2.24) is 0 Å². The average Bonchev–Trinajstić information content (AvgIpc) is 2.30. The summed E-state index contributed by atoms with van der Waals surface area (Å²) in [6, 6.07) is -0.258. The average molecular weight is 136 g/mol. The lowest BCUT2D eigenvalue weighted by molar-refractivity contribution is 0.0424. The number of hydrogen-bond donors (Lipinski definition) is 0. The van der Waals surface area contributed by atoms with E-state index in [2.05, 4.69) is 5.92 Å². The highest BCUT2D eigenvalue weighted by Gasteiger charge is 2.30. The molecule has 1 heterocycles. The van der Waals surface area contributed by atoms with E-state index in [0.717, 1.165) is 0 Å². The van der Waals surface area contributed by atoms with Gasteiger partial charge < -0.3 is 9.47 Å². The van der Waals surface area contributed by atoms with Gasteiger partial charge in [0.15, 0.2) is 0 Å². The minimum atomic E-state index is -0.264. The number of ether oxygens (including phenoxy) is 2. The van der Waals surface area contributed by atoms with Crippen LogP contribution in [0.4, 0.5) is 0 Å². The molecule has 1 aliphatic rings. The third kappa shape index (κ3) is 1.34. The first-order chi connectivity index (χ1) is 4.77. The molecule has 0 aromatic heterocycles. The summed E-state index contributed by atoms with van der Waals surface area (Å²) in [6.45, 7) is 0. The molecule has 0 amide bonds. The number of terminal acetylenes is 1. The van der Waals surface area contributed by atoms with Crippen LogP contribution in [0.15, 0.2) is 0 Å². The van der Waals surface area contributed by atoms with Crippen molar-refractivity contribution in [3.8, 4) is 12.3 Å². The molecule has 0 unspecified atom stereocenters. The van der Waals surface area contributed by atoms with Crippen LogP contribution in [-0.4, -0.2) is 33.2 Å². The van der Waals surface area contributed by atoms with Crippen molar-refractivity contribution in [2.75, 3.05) is 7.11 Å². The van der Waals surface area contributed by atoms with Gasteiger partial charge in [-0.2, -0.15) is 0 Å². The van der Waals surface area contributed by atoms with Crippen LogP contribution >= 0.6 is 0 Å². The SMILES string of the molecule is [B][C@H]1C[C@@H](OC)[C@@H](C#C)O1. The van der Waals surface area contributed by atoms with Crippen LogP contribution in [0.25, 0.3) is 0 Å². The quantitative estimate of drug-likeness (QED) is 0.370. The molecule has 1 rings (SSSR count). The van der Waals surface area contributed by atoms with Crippen molar-refractivity contribution in [2.45, 2.75) is 24.6 Å². The molecule has 1 saturated heterocycles. The summed E-state index contributed by atoms with van der Waals surface area (Å²) in [5.41, 5.74) is 0. The third-order valence-corrected chi connectivity index (χ3v) is 1.59. The zero-order valence-corrected chi connectivity index (χ0v) is 5.91. The van der Waals surface area contributed by atoms with Gasteiger partial charge in [0.25, 0.3) is 0 Å². The van der Waals surface area contributed by atoms with E-state index in [0.29, 0.717) is 6.42 Å². The molecule has 1 aliphatic heterocycles. The van der Waals surface area contributed by atoms with Gasteiger partial charge in [-0.1, -0.05) is 5.92 Å². The summed E-state index contributed by atoms with van der Waals surface area (Å²) in [7, 11) is 7.08. The molecular formula is C7H9BO2. The molecule has 1 fully saturated rings. The van der Waals surface area contributed by atoms with Gasteiger partial charge >= 0.3 is 0 Å². The summed E-state index contributed by atoms with van der Waals surface area (Å²) in [5.74, 6) is 2.47. The lowest BCUT2D eigenvalue weighted by Gasteiger charge is -2.09. The van der Waals surface area contributed by atoms with E-state index in [9.17, 15) is 0 Å². The summed E-state index contributed by atoms with van der Waals surface area (Å²) in [6.07, 6.45) is 5.55. The Balaban J connectivity index is 2.51. The Morgan fingerprint density at radius 2 is 2.50 bits per heavy atom. The summed E-state index contributed by atoms with van der Waals surface area (Å²) in [5, 5.41) is 0. The largest absolute Gasteiger partial charge is 0.378 e. The van der Waals surface area contributed by atoms with Crippen LogP contribution in [0, 0.1) is 12.3 Å². The van der Waals surface area contributed by atoms with Crippen LogP contribution in [0.1, 0.15) is 6.42 Å². The minimum absolute atomic E-state index is 0.0278. The highest BCUT2D eigenvalue weighted by atomic mass is 16.6. The molecule has 2 nitrogen and oxygen atoms in total. The second-order valence-electron chi connectivity index (χ2n) is 2.27. The normalized spacial score (nSPS) is 39.4. The molecule has 0 aromatic rings. The fraction of sp³-hybridized carbons (Fsp3) is 0.714. The topological polar surface area (TPSA) is 18.5 Å². The molecule has 10 heavy (non-hydrogen) atoms. The monoisotopic (exact) mass is 136 g/mol. The van der Waals surface area contributed by atoms with Crippen LogP contribution < -0.4 is 0 Å². The number of rotatable bonds is 1. The Morgan fingerprint density at radius 1 is 1.80 bits per heavy atom. The molecule has 0 N–H and O–H groups in total. The van der Waals surface area contributed by atoms with Crippen LogP contribution in [0.3, 0.4) is 0 Å². The van der Waals surface area contributed by atoms with Crippen molar-refractivity contribution in [2.24, 2.45) is 0 Å². The Morgan fingerprint density at radius 3 is 2.90 bits per heavy atom. The van der Waals surface area contributed by atoms with E-state index in [1.165, 1.54) is 0 Å². The second kappa shape index (κ2) is 3.09. The molecule has 0 spiro atoms. The standard InChI is InChI=1S/C7H9BO2/c1-3-5-6(9-2)4-7(8)10-5/h1,5-7H,4H2,2H3/t5-,6-,7-/m1/s1.